The Hall–Kier alpha value is -2.25. The highest BCUT2D eigenvalue weighted by molar-refractivity contribution is 7.80. The molecule has 0 saturated heterocycles. The molecule has 0 aliphatic carbocycles. The van der Waals surface area contributed by atoms with E-state index in [0.29, 0.717) is 17.3 Å². The molecule has 0 bridgehead atoms. The van der Waals surface area contributed by atoms with Crippen molar-refractivity contribution < 1.29 is 13.5 Å². The van der Waals surface area contributed by atoms with Gasteiger partial charge in [-0.05, 0) is 68.1 Å². The molecule has 146 valence electrons. The quantitative estimate of drug-likeness (QED) is 0.649. The molecule has 0 spiro atoms. The lowest BCUT2D eigenvalue weighted by Crippen LogP contribution is -2.36. The number of hydrogen-bond acceptors (Lipinski definition) is 3. The van der Waals surface area contributed by atoms with Gasteiger partial charge in [0.1, 0.15) is 5.75 Å². The second kappa shape index (κ2) is 10.2. The van der Waals surface area contributed by atoms with Gasteiger partial charge in [-0.2, -0.15) is 8.78 Å². The van der Waals surface area contributed by atoms with E-state index in [1.807, 2.05) is 14.1 Å². The number of nitrogens with one attached hydrogen (secondary N) is 2. The van der Waals surface area contributed by atoms with Crippen LogP contribution in [0.5, 0.6) is 5.75 Å². The number of rotatable bonds is 8. The molecule has 27 heavy (non-hydrogen) atoms. The Morgan fingerprint density at radius 2 is 1.70 bits per heavy atom. The van der Waals surface area contributed by atoms with Gasteiger partial charge in [-0.25, -0.2) is 0 Å². The van der Waals surface area contributed by atoms with Gasteiger partial charge in [0.2, 0.25) is 0 Å². The van der Waals surface area contributed by atoms with Gasteiger partial charge >= 0.3 is 6.61 Å². The van der Waals surface area contributed by atoms with Gasteiger partial charge < -0.3 is 20.3 Å². The normalized spacial score (nSPS) is 12.1. The second-order valence-electron chi connectivity index (χ2n) is 6.31. The molecule has 0 aliphatic rings. The van der Waals surface area contributed by atoms with Gasteiger partial charge in [-0.3, -0.25) is 0 Å². The van der Waals surface area contributed by atoms with Crippen LogP contribution < -0.4 is 15.4 Å². The van der Waals surface area contributed by atoms with Gasteiger partial charge in [0.15, 0.2) is 5.11 Å². The zero-order chi connectivity index (χ0) is 19.8. The maximum absolute atomic E-state index is 12.2. The molecule has 0 unspecified atom stereocenters. The molecule has 0 heterocycles. The van der Waals surface area contributed by atoms with E-state index in [1.54, 1.807) is 12.1 Å². The van der Waals surface area contributed by atoms with Crippen LogP contribution in [-0.4, -0.2) is 37.3 Å². The molecule has 2 N–H and O–H groups in total. The molecule has 0 saturated carbocycles. The summed E-state index contributed by atoms with van der Waals surface area (Å²) < 4.78 is 28.7. The molecule has 0 amide bonds. The molecule has 2 aromatic rings. The first kappa shape index (κ1) is 21.1. The predicted molar refractivity (Wildman–Crippen MR) is 110 cm³/mol. The molecule has 1 atom stereocenters. The Kier molecular flexibility index (Phi) is 7.94. The molecular weight excluding hydrogens is 368 g/mol. The summed E-state index contributed by atoms with van der Waals surface area (Å²) in [5.41, 5.74) is 3.21. The number of nitrogens with zero attached hydrogens (tertiary/aromatic N) is 1. The molecule has 0 aliphatic heterocycles. The summed E-state index contributed by atoms with van der Waals surface area (Å²) in [5, 5.41) is 6.73. The fourth-order valence-electron chi connectivity index (χ4n) is 2.66. The molecule has 0 fully saturated rings. The Labute approximate surface area is 164 Å². The van der Waals surface area contributed by atoms with Crippen LogP contribution in [0, 0.1) is 0 Å². The smallest absolute Gasteiger partial charge is 0.387 e. The van der Waals surface area contributed by atoms with Gasteiger partial charge in [0.05, 0.1) is 6.04 Å². The highest BCUT2D eigenvalue weighted by Crippen LogP contribution is 2.19. The first-order valence-corrected chi connectivity index (χ1v) is 9.15. The van der Waals surface area contributed by atoms with E-state index in [-0.39, 0.29) is 11.8 Å². The molecule has 0 radical (unpaired) electrons. The van der Waals surface area contributed by atoms with Crippen molar-refractivity contribution in [2.75, 3.05) is 26.0 Å². The first-order chi connectivity index (χ1) is 12.9. The van der Waals surface area contributed by atoms with E-state index < -0.39 is 6.61 Å². The minimum absolute atomic E-state index is 0.109. The zero-order valence-electron chi connectivity index (χ0n) is 15.7. The van der Waals surface area contributed by atoms with E-state index in [4.69, 9.17) is 12.2 Å². The van der Waals surface area contributed by atoms with Crippen LogP contribution in [0.25, 0.3) is 0 Å². The standard InChI is InChI=1S/C20H25F2N3OS/c1-4-14-5-7-15(8-6-14)18(25(2)3)13-23-20(27)24-16-9-11-17(12-10-16)26-19(21)22/h5-12,18-19H,4,13H2,1-3H3,(H2,23,24,27)/t18-/m1/s1. The minimum atomic E-state index is -2.83. The Bertz CT molecular complexity index is 721. The van der Waals surface area contributed by atoms with Crippen LogP contribution in [0.4, 0.5) is 14.5 Å². The highest BCUT2D eigenvalue weighted by Gasteiger charge is 2.14. The first-order valence-electron chi connectivity index (χ1n) is 8.74. The van der Waals surface area contributed by atoms with Crippen LogP contribution in [0.2, 0.25) is 0 Å². The number of hydrogen-bond donors (Lipinski definition) is 2. The SMILES string of the molecule is CCc1ccc([C@@H](CNC(=S)Nc2ccc(OC(F)F)cc2)N(C)C)cc1. The fourth-order valence-corrected chi connectivity index (χ4v) is 2.86. The molecule has 2 aromatic carbocycles. The van der Waals surface area contributed by atoms with Crippen molar-refractivity contribution in [3.63, 3.8) is 0 Å². The number of anilines is 1. The lowest BCUT2D eigenvalue weighted by atomic mass is 10.0. The average molecular weight is 394 g/mol. The van der Waals surface area contributed by atoms with E-state index in [9.17, 15) is 8.78 Å². The van der Waals surface area contributed by atoms with E-state index >= 15 is 0 Å². The van der Waals surface area contributed by atoms with E-state index in [1.165, 1.54) is 23.3 Å². The summed E-state index contributed by atoms with van der Waals surface area (Å²) in [4.78, 5) is 2.13. The third kappa shape index (κ3) is 6.77. The Balaban J connectivity index is 1.91. The summed E-state index contributed by atoms with van der Waals surface area (Å²) in [6.45, 7) is -0.0615. The second-order valence-corrected chi connectivity index (χ2v) is 6.72. The van der Waals surface area contributed by atoms with Crippen molar-refractivity contribution in [3.8, 4) is 5.75 Å². The van der Waals surface area contributed by atoms with Gasteiger partial charge in [0, 0.05) is 12.2 Å². The molecule has 2 rings (SSSR count). The number of ether oxygens (including phenoxy) is 1. The number of aryl methyl sites for hydroxylation is 1. The molecular formula is C20H25F2N3OS. The molecule has 0 aromatic heterocycles. The molecule has 7 heteroatoms. The fraction of sp³-hybridized carbons (Fsp3) is 0.350. The highest BCUT2D eigenvalue weighted by atomic mass is 32.1. The number of benzene rings is 2. The average Bonchev–Trinajstić information content (AvgIpc) is 2.63. The van der Waals surface area contributed by atoms with Crippen LogP contribution in [0.1, 0.15) is 24.1 Å². The van der Waals surface area contributed by atoms with Crippen molar-refractivity contribution in [1.82, 2.24) is 10.2 Å². The largest absolute Gasteiger partial charge is 0.435 e. The van der Waals surface area contributed by atoms with Gasteiger partial charge in [-0.1, -0.05) is 31.2 Å². The lowest BCUT2D eigenvalue weighted by Gasteiger charge is -2.26. The Morgan fingerprint density at radius 3 is 2.22 bits per heavy atom. The minimum Gasteiger partial charge on any atom is -0.435 e. The number of likely N-dealkylation sites (N-methyl/N-ethyl adjacent to an activating group) is 1. The van der Waals surface area contributed by atoms with Crippen molar-refractivity contribution >= 4 is 23.0 Å². The van der Waals surface area contributed by atoms with Crippen LogP contribution in [-0.2, 0) is 6.42 Å². The lowest BCUT2D eigenvalue weighted by molar-refractivity contribution is -0.0498. The van der Waals surface area contributed by atoms with Crippen molar-refractivity contribution in [2.24, 2.45) is 0 Å². The van der Waals surface area contributed by atoms with E-state index in [0.717, 1.165) is 6.42 Å². The molecule has 4 nitrogen and oxygen atoms in total. The third-order valence-corrected chi connectivity index (χ3v) is 4.44. The van der Waals surface area contributed by atoms with Gasteiger partial charge in [0.25, 0.3) is 0 Å². The van der Waals surface area contributed by atoms with Crippen molar-refractivity contribution in [3.05, 3.63) is 59.7 Å². The maximum atomic E-state index is 12.2. The summed E-state index contributed by atoms with van der Waals surface area (Å²) in [6, 6.07) is 14.9. The van der Waals surface area contributed by atoms with Crippen LogP contribution in [0.3, 0.4) is 0 Å². The predicted octanol–water partition coefficient (Wildman–Crippen LogP) is 4.44. The zero-order valence-corrected chi connectivity index (χ0v) is 16.5. The third-order valence-electron chi connectivity index (χ3n) is 4.19. The monoisotopic (exact) mass is 393 g/mol. The van der Waals surface area contributed by atoms with Gasteiger partial charge in [-0.15, -0.1) is 0 Å². The topological polar surface area (TPSA) is 36.5 Å². The summed E-state index contributed by atoms with van der Waals surface area (Å²) >= 11 is 5.34. The van der Waals surface area contributed by atoms with Crippen LogP contribution >= 0.6 is 12.2 Å². The number of thiocarbonyl (C=S) groups is 1. The summed E-state index contributed by atoms with van der Waals surface area (Å²) in [5.74, 6) is 0.109. The maximum Gasteiger partial charge on any atom is 0.387 e. The van der Waals surface area contributed by atoms with Crippen LogP contribution in [0.15, 0.2) is 48.5 Å². The van der Waals surface area contributed by atoms with Crippen molar-refractivity contribution in [1.29, 1.82) is 0 Å². The van der Waals surface area contributed by atoms with Crippen molar-refractivity contribution in [2.45, 2.75) is 26.0 Å². The summed E-state index contributed by atoms with van der Waals surface area (Å²) in [7, 11) is 4.05. The summed E-state index contributed by atoms with van der Waals surface area (Å²) in [6.07, 6.45) is 1.01. The van der Waals surface area contributed by atoms with E-state index in [2.05, 4.69) is 51.5 Å². The number of alkyl halides is 2. The Morgan fingerprint density at radius 1 is 1.07 bits per heavy atom. The number of halogens is 2.